The molecule has 5 nitrogen and oxygen atoms in total. The second kappa shape index (κ2) is 15.6. The Hall–Kier alpha value is -3.47. The van der Waals surface area contributed by atoms with E-state index in [9.17, 15) is 42.1 Å². The summed E-state index contributed by atoms with van der Waals surface area (Å²) in [4.78, 5) is 12.5. The van der Waals surface area contributed by atoms with Gasteiger partial charge in [-0.15, -0.1) is 11.8 Å². The zero-order chi connectivity index (χ0) is 34.2. The predicted octanol–water partition coefficient (Wildman–Crippen LogP) is 10.1. The number of alkyl halides is 5. The minimum absolute atomic E-state index is 0.000463. The van der Waals surface area contributed by atoms with E-state index in [4.69, 9.17) is 4.74 Å². The van der Waals surface area contributed by atoms with Crippen LogP contribution in [0, 0.1) is 5.92 Å². The summed E-state index contributed by atoms with van der Waals surface area (Å²) in [6, 6.07) is 20.9. The van der Waals surface area contributed by atoms with Crippen LogP contribution in [-0.4, -0.2) is 45.7 Å². The molecule has 0 bridgehead atoms. The molecule has 0 radical (unpaired) electrons. The maximum atomic E-state index is 13.1. The van der Waals surface area contributed by atoms with Gasteiger partial charge in [0.25, 0.3) is 0 Å². The van der Waals surface area contributed by atoms with Gasteiger partial charge in [0.2, 0.25) is 0 Å². The van der Waals surface area contributed by atoms with E-state index in [1.54, 1.807) is 36.0 Å². The van der Waals surface area contributed by atoms with Gasteiger partial charge < -0.3 is 20.1 Å². The monoisotopic (exact) mass is 680 g/mol. The molecular weight excluding hydrogens is 639 g/mol. The van der Waals surface area contributed by atoms with Crippen LogP contribution in [0.3, 0.4) is 0 Å². The van der Waals surface area contributed by atoms with E-state index in [0.29, 0.717) is 13.0 Å². The Morgan fingerprint density at radius 3 is 2.15 bits per heavy atom. The molecule has 0 saturated carbocycles. The summed E-state index contributed by atoms with van der Waals surface area (Å²) in [5.41, 5.74) is 3.06. The fraction of sp³-hybridized carbons (Fsp3) is 0.472. The minimum atomic E-state index is -5.62. The second-order valence-electron chi connectivity index (χ2n) is 12.5. The maximum absolute atomic E-state index is 13.1. The van der Waals surface area contributed by atoms with Crippen molar-refractivity contribution in [1.29, 1.82) is 0 Å². The molecule has 11 heteroatoms. The summed E-state index contributed by atoms with van der Waals surface area (Å²) in [6.45, 7) is 2.72. The van der Waals surface area contributed by atoms with Crippen molar-refractivity contribution in [2.75, 3.05) is 12.4 Å². The summed E-state index contributed by atoms with van der Waals surface area (Å²) in [5.74, 6) is -4.95. The third kappa shape index (κ3) is 9.33. The van der Waals surface area contributed by atoms with Crippen LogP contribution in [0.2, 0.25) is 0 Å². The van der Waals surface area contributed by atoms with Crippen molar-refractivity contribution in [3.8, 4) is 17.2 Å². The molecule has 1 aliphatic heterocycles. The van der Waals surface area contributed by atoms with Gasteiger partial charge in [-0.25, -0.2) is 0 Å². The van der Waals surface area contributed by atoms with E-state index in [-0.39, 0.29) is 35.7 Å². The third-order valence-corrected chi connectivity index (χ3v) is 10.4. The number of carboxylic acids is 1. The summed E-state index contributed by atoms with van der Waals surface area (Å²) >= 11 is 1.71. The van der Waals surface area contributed by atoms with E-state index in [1.807, 2.05) is 30.3 Å². The zero-order valence-corrected chi connectivity index (χ0v) is 27.1. The standard InChI is InChI=1S/C36H41F5O5S/c1-34(26-12-14-27(42)15-13-26)23-47-31-22-28(43)16-19-30(31)32(34)24-10-17-29(18-11-24)46-21-6-4-2-3-5-8-25(33(44)45)9-7-20-35(37,38)36(39,40)41/h10-19,22,25,32,42-43H,2-9,20-21,23H2,1H3,(H,44,45). The molecule has 3 aromatic carbocycles. The number of rotatable bonds is 16. The van der Waals surface area contributed by atoms with E-state index in [1.165, 1.54) is 0 Å². The molecule has 3 aromatic rings. The second-order valence-corrected chi connectivity index (χ2v) is 13.5. The highest BCUT2D eigenvalue weighted by Gasteiger charge is 2.56. The lowest BCUT2D eigenvalue weighted by molar-refractivity contribution is -0.284. The van der Waals surface area contributed by atoms with Crippen molar-refractivity contribution in [3.05, 3.63) is 83.4 Å². The zero-order valence-electron chi connectivity index (χ0n) is 26.2. The molecule has 0 aromatic heterocycles. The van der Waals surface area contributed by atoms with Crippen LogP contribution in [0.25, 0.3) is 0 Å². The molecular formula is C36H41F5O5S. The summed E-state index contributed by atoms with van der Waals surface area (Å²) in [5, 5.41) is 29.3. The Morgan fingerprint density at radius 1 is 0.872 bits per heavy atom. The first-order valence-corrected chi connectivity index (χ1v) is 16.9. The number of hydrogen-bond donors (Lipinski definition) is 3. The molecule has 1 heterocycles. The smallest absolute Gasteiger partial charge is 0.453 e. The fourth-order valence-electron chi connectivity index (χ4n) is 6.25. The van der Waals surface area contributed by atoms with Crippen molar-refractivity contribution >= 4 is 17.7 Å². The van der Waals surface area contributed by atoms with Crippen LogP contribution in [-0.2, 0) is 10.2 Å². The quantitative estimate of drug-likeness (QED) is 0.103. The first kappa shape index (κ1) is 36.4. The van der Waals surface area contributed by atoms with Crippen molar-refractivity contribution in [3.63, 3.8) is 0 Å². The highest BCUT2D eigenvalue weighted by Crippen LogP contribution is 2.53. The van der Waals surface area contributed by atoms with Gasteiger partial charge in [0.15, 0.2) is 0 Å². The molecule has 0 fully saturated rings. The highest BCUT2D eigenvalue weighted by molar-refractivity contribution is 7.99. The normalized spacial score (nSPS) is 18.8. The van der Waals surface area contributed by atoms with Gasteiger partial charge in [-0.1, -0.05) is 62.9 Å². The number of carbonyl (C=O) groups is 1. The van der Waals surface area contributed by atoms with Gasteiger partial charge >= 0.3 is 18.1 Å². The lowest BCUT2D eigenvalue weighted by Gasteiger charge is -2.43. The molecule has 0 aliphatic carbocycles. The predicted molar refractivity (Wildman–Crippen MR) is 172 cm³/mol. The number of thioether (sulfide) groups is 1. The van der Waals surface area contributed by atoms with Gasteiger partial charge in [-0.3, -0.25) is 4.79 Å². The molecule has 1 aliphatic rings. The number of halogens is 5. The number of unbranched alkanes of at least 4 members (excludes halogenated alkanes) is 4. The van der Waals surface area contributed by atoms with E-state index >= 15 is 0 Å². The Labute approximate surface area is 276 Å². The highest BCUT2D eigenvalue weighted by atomic mass is 32.2. The molecule has 256 valence electrons. The number of phenolic OH excluding ortho intramolecular Hbond substituents is 2. The van der Waals surface area contributed by atoms with Gasteiger partial charge in [0.1, 0.15) is 17.2 Å². The van der Waals surface area contributed by atoms with E-state index in [2.05, 4.69) is 19.1 Å². The van der Waals surface area contributed by atoms with Crippen LogP contribution < -0.4 is 4.74 Å². The van der Waals surface area contributed by atoms with E-state index < -0.39 is 36.8 Å². The van der Waals surface area contributed by atoms with Gasteiger partial charge in [-0.05, 0) is 78.8 Å². The SMILES string of the molecule is CC1(c2ccc(O)cc2)CSc2cc(O)ccc2C1c1ccc(OCCCCCCCC(CCCC(F)(F)C(F)(F)F)C(=O)O)cc1. The Bertz CT molecular complexity index is 1460. The average Bonchev–Trinajstić information content (AvgIpc) is 3.01. The van der Waals surface area contributed by atoms with Crippen LogP contribution in [0.5, 0.6) is 17.2 Å². The van der Waals surface area contributed by atoms with E-state index in [0.717, 1.165) is 58.8 Å². The number of benzene rings is 3. The molecule has 3 N–H and O–H groups in total. The van der Waals surface area contributed by atoms with Crippen LogP contribution in [0.15, 0.2) is 71.6 Å². The lowest BCUT2D eigenvalue weighted by atomic mass is 9.67. The van der Waals surface area contributed by atoms with Crippen molar-refractivity contribution < 1.29 is 46.8 Å². The van der Waals surface area contributed by atoms with Crippen LogP contribution in [0.1, 0.15) is 87.3 Å². The maximum Gasteiger partial charge on any atom is 0.453 e. The number of aromatic hydroxyl groups is 2. The average molecular weight is 681 g/mol. The summed E-state index contributed by atoms with van der Waals surface area (Å²) in [6.07, 6.45) is -3.75. The largest absolute Gasteiger partial charge is 0.508 e. The van der Waals surface area contributed by atoms with Gasteiger partial charge in [0.05, 0.1) is 12.5 Å². The topological polar surface area (TPSA) is 87.0 Å². The first-order chi connectivity index (χ1) is 22.2. The van der Waals surface area contributed by atoms with Gasteiger partial charge in [-0.2, -0.15) is 22.0 Å². The molecule has 0 amide bonds. The Kier molecular flexibility index (Phi) is 12.1. The third-order valence-electron chi connectivity index (χ3n) is 8.99. The van der Waals surface area contributed by atoms with Crippen molar-refractivity contribution in [2.24, 2.45) is 5.92 Å². The Balaban J connectivity index is 1.24. The van der Waals surface area contributed by atoms with Crippen LogP contribution in [0.4, 0.5) is 22.0 Å². The molecule has 4 rings (SSSR count). The summed E-state index contributed by atoms with van der Waals surface area (Å²) in [7, 11) is 0. The number of fused-ring (bicyclic) bond motifs is 1. The lowest BCUT2D eigenvalue weighted by Crippen LogP contribution is -2.36. The molecule has 47 heavy (non-hydrogen) atoms. The summed E-state index contributed by atoms with van der Waals surface area (Å²) < 4.78 is 69.2. The van der Waals surface area contributed by atoms with Crippen molar-refractivity contribution in [1.82, 2.24) is 0 Å². The fourth-order valence-corrected chi connectivity index (χ4v) is 7.60. The van der Waals surface area contributed by atoms with Crippen molar-refractivity contribution in [2.45, 2.75) is 93.0 Å². The number of aliphatic carboxylic acids is 1. The number of phenols is 2. The molecule has 3 unspecified atom stereocenters. The molecule has 3 atom stereocenters. The molecule has 0 spiro atoms. The number of hydrogen-bond acceptors (Lipinski definition) is 5. The molecule has 0 saturated heterocycles. The Morgan fingerprint density at radius 2 is 1.49 bits per heavy atom. The van der Waals surface area contributed by atoms with Crippen LogP contribution >= 0.6 is 11.8 Å². The van der Waals surface area contributed by atoms with Gasteiger partial charge in [0, 0.05) is 28.4 Å². The minimum Gasteiger partial charge on any atom is -0.508 e. The first-order valence-electron chi connectivity index (χ1n) is 15.9. The number of carboxylic acid groups (broad SMARTS) is 1. The number of ether oxygens (including phenoxy) is 1.